The van der Waals surface area contributed by atoms with Gasteiger partial charge in [0.1, 0.15) is 5.82 Å². The maximum Gasteiger partial charge on any atom is 0.161 e. The van der Waals surface area contributed by atoms with Gasteiger partial charge in [-0.05, 0) is 30.5 Å². The lowest BCUT2D eigenvalue weighted by Gasteiger charge is -2.32. The highest BCUT2D eigenvalue weighted by atomic mass is 15.2. The number of hydrogen-bond acceptors (Lipinski definition) is 5. The van der Waals surface area contributed by atoms with Crippen molar-refractivity contribution in [3.63, 3.8) is 0 Å². The molecule has 2 aromatic carbocycles. The monoisotopic (exact) mass is 395 g/mol. The fraction of sp³-hybridized carbons (Fsp3) is 0.320. The molecule has 30 heavy (non-hydrogen) atoms. The molecular formula is C25H25N5. The van der Waals surface area contributed by atoms with E-state index in [0.717, 1.165) is 61.9 Å². The summed E-state index contributed by atoms with van der Waals surface area (Å²) in [6, 6.07) is 20.5. The van der Waals surface area contributed by atoms with E-state index in [2.05, 4.69) is 34.1 Å². The Morgan fingerprint density at radius 1 is 0.933 bits per heavy atom. The molecule has 1 saturated heterocycles. The summed E-state index contributed by atoms with van der Waals surface area (Å²) >= 11 is 0. The van der Waals surface area contributed by atoms with Gasteiger partial charge in [-0.15, -0.1) is 0 Å². The van der Waals surface area contributed by atoms with E-state index in [4.69, 9.17) is 9.97 Å². The number of fused-ring (bicyclic) bond motifs is 1. The van der Waals surface area contributed by atoms with E-state index in [-0.39, 0.29) is 0 Å². The molecule has 5 rings (SSSR count). The first-order chi connectivity index (χ1) is 14.8. The summed E-state index contributed by atoms with van der Waals surface area (Å²) in [6.07, 6.45) is 3.38. The average Bonchev–Trinajstić information content (AvgIpc) is 3.34. The number of nitrogens with zero attached hydrogens (tertiary/aromatic N) is 5. The third-order valence-corrected chi connectivity index (χ3v) is 6.02. The topological polar surface area (TPSA) is 56.1 Å². The molecule has 1 fully saturated rings. The van der Waals surface area contributed by atoms with Crippen LogP contribution in [0.2, 0.25) is 0 Å². The van der Waals surface area contributed by atoms with Crippen molar-refractivity contribution < 1.29 is 0 Å². The highest BCUT2D eigenvalue weighted by Crippen LogP contribution is 2.32. The SMILES string of the molecule is N#Cc1cccc(CN2CCc3nc(-c4ccccc4)nc(N4CCCC4)c3C2)c1. The Labute approximate surface area is 177 Å². The Morgan fingerprint density at radius 2 is 1.77 bits per heavy atom. The number of rotatable bonds is 4. The molecule has 0 bridgehead atoms. The Morgan fingerprint density at radius 3 is 2.57 bits per heavy atom. The van der Waals surface area contributed by atoms with Crippen molar-refractivity contribution in [3.05, 3.63) is 77.0 Å². The van der Waals surface area contributed by atoms with E-state index in [0.29, 0.717) is 0 Å². The molecule has 1 aromatic heterocycles. The van der Waals surface area contributed by atoms with Gasteiger partial charge >= 0.3 is 0 Å². The standard InChI is InChI=1S/C25H25N5/c26-16-19-7-6-8-20(15-19)17-29-14-11-23-22(18-29)25(30-12-4-5-13-30)28-24(27-23)21-9-2-1-3-10-21/h1-3,6-10,15H,4-5,11-14,17-18H2. The van der Waals surface area contributed by atoms with Crippen molar-refractivity contribution in [1.82, 2.24) is 14.9 Å². The molecule has 2 aliphatic rings. The van der Waals surface area contributed by atoms with Gasteiger partial charge in [0.15, 0.2) is 5.82 Å². The van der Waals surface area contributed by atoms with Crippen molar-refractivity contribution >= 4 is 5.82 Å². The van der Waals surface area contributed by atoms with Crippen LogP contribution in [0.3, 0.4) is 0 Å². The van der Waals surface area contributed by atoms with Crippen LogP contribution in [-0.4, -0.2) is 34.5 Å². The van der Waals surface area contributed by atoms with E-state index in [9.17, 15) is 5.26 Å². The lowest BCUT2D eigenvalue weighted by Crippen LogP contribution is -2.33. The first-order valence-corrected chi connectivity index (χ1v) is 10.7. The smallest absolute Gasteiger partial charge is 0.161 e. The fourth-order valence-corrected chi connectivity index (χ4v) is 4.49. The molecule has 0 radical (unpaired) electrons. The number of hydrogen-bond donors (Lipinski definition) is 0. The molecule has 0 amide bonds. The predicted molar refractivity (Wildman–Crippen MR) is 118 cm³/mol. The zero-order valence-corrected chi connectivity index (χ0v) is 17.1. The zero-order chi connectivity index (χ0) is 20.3. The molecule has 0 atom stereocenters. The summed E-state index contributed by atoms with van der Waals surface area (Å²) in [4.78, 5) is 14.9. The molecule has 0 saturated carbocycles. The normalized spacial score (nSPS) is 16.3. The molecule has 0 spiro atoms. The highest BCUT2D eigenvalue weighted by molar-refractivity contribution is 5.61. The molecule has 5 heteroatoms. The van der Waals surface area contributed by atoms with Gasteiger partial charge in [0.05, 0.1) is 17.3 Å². The lowest BCUT2D eigenvalue weighted by atomic mass is 10.0. The first-order valence-electron chi connectivity index (χ1n) is 10.7. The van der Waals surface area contributed by atoms with Crippen LogP contribution in [0.5, 0.6) is 0 Å². The van der Waals surface area contributed by atoms with Gasteiger partial charge in [-0.1, -0.05) is 42.5 Å². The summed E-state index contributed by atoms with van der Waals surface area (Å²) < 4.78 is 0. The van der Waals surface area contributed by atoms with Crippen LogP contribution in [0.25, 0.3) is 11.4 Å². The van der Waals surface area contributed by atoms with Crippen molar-refractivity contribution in [2.75, 3.05) is 24.5 Å². The minimum absolute atomic E-state index is 0.721. The molecule has 0 aliphatic carbocycles. The number of nitriles is 1. The van der Waals surface area contributed by atoms with Gasteiger partial charge in [0.2, 0.25) is 0 Å². The Bertz CT molecular complexity index is 1080. The number of anilines is 1. The van der Waals surface area contributed by atoms with Crippen LogP contribution in [0, 0.1) is 11.3 Å². The van der Waals surface area contributed by atoms with Gasteiger partial charge in [0.25, 0.3) is 0 Å². The van der Waals surface area contributed by atoms with Gasteiger partial charge < -0.3 is 4.90 Å². The molecule has 3 aromatic rings. The quantitative estimate of drug-likeness (QED) is 0.663. The lowest BCUT2D eigenvalue weighted by molar-refractivity contribution is 0.243. The molecule has 5 nitrogen and oxygen atoms in total. The van der Waals surface area contributed by atoms with Gasteiger partial charge in [-0.3, -0.25) is 4.90 Å². The minimum atomic E-state index is 0.721. The van der Waals surface area contributed by atoms with Gasteiger partial charge in [-0.2, -0.15) is 5.26 Å². The summed E-state index contributed by atoms with van der Waals surface area (Å²) in [7, 11) is 0. The summed E-state index contributed by atoms with van der Waals surface area (Å²) in [5, 5.41) is 9.19. The number of benzene rings is 2. The first kappa shape index (κ1) is 18.8. The van der Waals surface area contributed by atoms with Crippen molar-refractivity contribution in [2.24, 2.45) is 0 Å². The Kier molecular flexibility index (Phi) is 5.17. The van der Waals surface area contributed by atoms with Crippen LogP contribution in [0.1, 0.15) is 35.2 Å². The largest absolute Gasteiger partial charge is 0.356 e. The molecule has 0 N–H and O–H groups in total. The molecule has 3 heterocycles. The van der Waals surface area contributed by atoms with Gasteiger partial charge in [0, 0.05) is 50.3 Å². The molecular weight excluding hydrogens is 370 g/mol. The van der Waals surface area contributed by atoms with E-state index >= 15 is 0 Å². The predicted octanol–water partition coefficient (Wildman–Crippen LogP) is 4.17. The minimum Gasteiger partial charge on any atom is -0.356 e. The van der Waals surface area contributed by atoms with E-state index in [1.807, 2.05) is 36.4 Å². The Balaban J connectivity index is 1.47. The molecule has 2 aliphatic heterocycles. The molecule has 0 unspecified atom stereocenters. The van der Waals surface area contributed by atoms with E-state index in [1.54, 1.807) is 0 Å². The van der Waals surface area contributed by atoms with E-state index in [1.165, 1.54) is 29.7 Å². The van der Waals surface area contributed by atoms with Crippen molar-refractivity contribution in [1.29, 1.82) is 5.26 Å². The second-order valence-electron chi connectivity index (χ2n) is 8.13. The van der Waals surface area contributed by atoms with Crippen LogP contribution in [0.4, 0.5) is 5.82 Å². The Hall–Kier alpha value is -3.23. The second kappa shape index (κ2) is 8.25. The summed E-state index contributed by atoms with van der Waals surface area (Å²) in [5.41, 5.74) is 5.45. The second-order valence-corrected chi connectivity index (χ2v) is 8.13. The van der Waals surface area contributed by atoms with E-state index < -0.39 is 0 Å². The third-order valence-electron chi connectivity index (χ3n) is 6.02. The van der Waals surface area contributed by atoms with Gasteiger partial charge in [-0.25, -0.2) is 9.97 Å². The summed E-state index contributed by atoms with van der Waals surface area (Å²) in [5.74, 6) is 1.96. The maximum atomic E-state index is 9.19. The van der Waals surface area contributed by atoms with Crippen molar-refractivity contribution in [2.45, 2.75) is 32.4 Å². The van der Waals surface area contributed by atoms with Crippen molar-refractivity contribution in [3.8, 4) is 17.5 Å². The van der Waals surface area contributed by atoms with Crippen LogP contribution in [0.15, 0.2) is 54.6 Å². The molecule has 150 valence electrons. The highest BCUT2D eigenvalue weighted by Gasteiger charge is 2.27. The third kappa shape index (κ3) is 3.79. The maximum absolute atomic E-state index is 9.19. The van der Waals surface area contributed by atoms with Crippen LogP contribution in [-0.2, 0) is 19.5 Å². The van der Waals surface area contributed by atoms with Crippen LogP contribution >= 0.6 is 0 Å². The zero-order valence-electron chi connectivity index (χ0n) is 17.1. The summed E-state index contributed by atoms with van der Waals surface area (Å²) in [6.45, 7) is 4.81. The fourth-order valence-electron chi connectivity index (χ4n) is 4.49. The van der Waals surface area contributed by atoms with Crippen LogP contribution < -0.4 is 4.90 Å². The number of aromatic nitrogens is 2. The average molecular weight is 396 g/mol.